The summed E-state index contributed by atoms with van der Waals surface area (Å²) in [6.07, 6.45) is 3.77. The summed E-state index contributed by atoms with van der Waals surface area (Å²) < 4.78 is 5.31. The first-order chi connectivity index (χ1) is 7.36. The second-order valence-corrected chi connectivity index (χ2v) is 4.15. The van der Waals surface area contributed by atoms with E-state index in [2.05, 4.69) is 4.98 Å². The fourth-order valence-electron chi connectivity index (χ4n) is 2.42. The van der Waals surface area contributed by atoms with Crippen molar-refractivity contribution in [2.24, 2.45) is 0 Å². The quantitative estimate of drug-likeness (QED) is 0.749. The topological polar surface area (TPSA) is 45.3 Å². The summed E-state index contributed by atoms with van der Waals surface area (Å²) in [6.45, 7) is 2.30. The van der Waals surface area contributed by atoms with Crippen molar-refractivity contribution < 1.29 is 9.53 Å². The minimum absolute atomic E-state index is 0.179. The number of amides is 1. The Morgan fingerprint density at radius 1 is 1.40 bits per heavy atom. The molecule has 0 radical (unpaired) electrons. The van der Waals surface area contributed by atoms with Gasteiger partial charge in [0.25, 0.3) is 5.91 Å². The number of hydrogen-bond donors (Lipinski definition) is 1. The lowest BCUT2D eigenvalue weighted by Gasteiger charge is -2.30. The van der Waals surface area contributed by atoms with Gasteiger partial charge in [0, 0.05) is 31.1 Å². The van der Waals surface area contributed by atoms with Gasteiger partial charge < -0.3 is 14.6 Å². The number of aromatic nitrogens is 1. The SMILES string of the molecule is O=C1c2cc[nH]c2CN1C1CCOCC1. The van der Waals surface area contributed by atoms with Gasteiger partial charge in [-0.15, -0.1) is 0 Å². The second-order valence-electron chi connectivity index (χ2n) is 4.15. The van der Waals surface area contributed by atoms with Crippen LogP contribution in [-0.2, 0) is 11.3 Å². The van der Waals surface area contributed by atoms with Gasteiger partial charge in [-0.1, -0.05) is 0 Å². The van der Waals surface area contributed by atoms with Crippen LogP contribution >= 0.6 is 0 Å². The number of rotatable bonds is 1. The maximum Gasteiger partial charge on any atom is 0.256 e. The number of nitrogens with one attached hydrogen (secondary N) is 1. The molecule has 1 amide bonds. The minimum atomic E-state index is 0.179. The summed E-state index contributed by atoms with van der Waals surface area (Å²) in [5.74, 6) is 0.179. The van der Waals surface area contributed by atoms with Crippen molar-refractivity contribution in [2.45, 2.75) is 25.4 Å². The molecule has 80 valence electrons. The van der Waals surface area contributed by atoms with Crippen molar-refractivity contribution in [1.29, 1.82) is 0 Å². The number of ether oxygens (including phenoxy) is 1. The number of fused-ring (bicyclic) bond motifs is 1. The molecular formula is C11H14N2O2. The van der Waals surface area contributed by atoms with Crippen LogP contribution in [0.3, 0.4) is 0 Å². The largest absolute Gasteiger partial charge is 0.381 e. The Kier molecular flexibility index (Phi) is 2.02. The average molecular weight is 206 g/mol. The van der Waals surface area contributed by atoms with Crippen molar-refractivity contribution in [1.82, 2.24) is 9.88 Å². The lowest BCUT2D eigenvalue weighted by Crippen LogP contribution is -2.39. The Bertz CT molecular complexity index is 380. The summed E-state index contributed by atoms with van der Waals surface area (Å²) in [5, 5.41) is 0. The van der Waals surface area contributed by atoms with Crippen molar-refractivity contribution in [3.05, 3.63) is 23.5 Å². The van der Waals surface area contributed by atoms with Gasteiger partial charge in [0.15, 0.2) is 0 Å². The van der Waals surface area contributed by atoms with E-state index >= 15 is 0 Å². The first-order valence-corrected chi connectivity index (χ1v) is 5.41. The van der Waals surface area contributed by atoms with Gasteiger partial charge in [0.2, 0.25) is 0 Å². The molecule has 3 heterocycles. The third-order valence-electron chi connectivity index (χ3n) is 3.28. The maximum atomic E-state index is 12.0. The zero-order chi connectivity index (χ0) is 10.3. The van der Waals surface area contributed by atoms with Crippen LogP contribution in [0.4, 0.5) is 0 Å². The van der Waals surface area contributed by atoms with Crippen LogP contribution in [0.15, 0.2) is 12.3 Å². The Morgan fingerprint density at radius 2 is 2.20 bits per heavy atom. The molecule has 1 N–H and O–H groups in total. The van der Waals surface area contributed by atoms with Gasteiger partial charge in [-0.3, -0.25) is 4.79 Å². The van der Waals surface area contributed by atoms with Gasteiger partial charge >= 0.3 is 0 Å². The van der Waals surface area contributed by atoms with Crippen molar-refractivity contribution in [2.75, 3.05) is 13.2 Å². The molecule has 1 saturated heterocycles. The number of aromatic amines is 1. The highest BCUT2D eigenvalue weighted by Gasteiger charge is 2.33. The molecule has 3 rings (SSSR count). The molecule has 0 unspecified atom stereocenters. The third-order valence-corrected chi connectivity index (χ3v) is 3.28. The van der Waals surface area contributed by atoms with E-state index in [-0.39, 0.29) is 5.91 Å². The molecule has 0 saturated carbocycles. The minimum Gasteiger partial charge on any atom is -0.381 e. The Labute approximate surface area is 88.2 Å². The zero-order valence-corrected chi connectivity index (χ0v) is 8.53. The molecule has 2 aliphatic rings. The van der Waals surface area contributed by atoms with Gasteiger partial charge in [0.1, 0.15) is 0 Å². The van der Waals surface area contributed by atoms with Crippen LogP contribution in [0.2, 0.25) is 0 Å². The number of hydrogen-bond acceptors (Lipinski definition) is 2. The van der Waals surface area contributed by atoms with Crippen LogP contribution in [0.1, 0.15) is 28.9 Å². The first-order valence-electron chi connectivity index (χ1n) is 5.41. The van der Waals surface area contributed by atoms with Crippen molar-refractivity contribution >= 4 is 5.91 Å². The van der Waals surface area contributed by atoms with Crippen molar-refractivity contribution in [3.8, 4) is 0 Å². The van der Waals surface area contributed by atoms with E-state index in [4.69, 9.17) is 4.74 Å². The fourth-order valence-corrected chi connectivity index (χ4v) is 2.42. The van der Waals surface area contributed by atoms with Crippen LogP contribution in [0.5, 0.6) is 0 Å². The molecule has 1 fully saturated rings. The molecule has 0 aliphatic carbocycles. The highest BCUT2D eigenvalue weighted by atomic mass is 16.5. The maximum absolute atomic E-state index is 12.0. The molecule has 0 atom stereocenters. The van der Waals surface area contributed by atoms with Gasteiger partial charge in [-0.25, -0.2) is 0 Å². The van der Waals surface area contributed by atoms with E-state index in [1.165, 1.54) is 0 Å². The highest BCUT2D eigenvalue weighted by molar-refractivity contribution is 5.98. The van der Waals surface area contributed by atoms with Gasteiger partial charge in [0.05, 0.1) is 12.1 Å². The average Bonchev–Trinajstić information content (AvgIpc) is 2.83. The Hall–Kier alpha value is -1.29. The van der Waals surface area contributed by atoms with E-state index in [9.17, 15) is 4.79 Å². The predicted octanol–water partition coefficient (Wildman–Crippen LogP) is 1.15. The zero-order valence-electron chi connectivity index (χ0n) is 8.53. The monoisotopic (exact) mass is 206 g/mol. The molecule has 1 aromatic heterocycles. The smallest absolute Gasteiger partial charge is 0.256 e. The fraction of sp³-hybridized carbons (Fsp3) is 0.545. The molecule has 4 heteroatoms. The number of carbonyl (C=O) groups excluding carboxylic acids is 1. The summed E-state index contributed by atoms with van der Waals surface area (Å²) >= 11 is 0. The molecule has 0 bridgehead atoms. The Balaban J connectivity index is 1.80. The molecule has 4 nitrogen and oxygen atoms in total. The number of carbonyl (C=O) groups is 1. The predicted molar refractivity (Wildman–Crippen MR) is 54.5 cm³/mol. The molecule has 1 aromatic rings. The van der Waals surface area contributed by atoms with E-state index < -0.39 is 0 Å². The van der Waals surface area contributed by atoms with Gasteiger partial charge in [-0.2, -0.15) is 0 Å². The molecule has 15 heavy (non-hydrogen) atoms. The van der Waals surface area contributed by atoms with Gasteiger partial charge in [-0.05, 0) is 18.9 Å². The molecule has 2 aliphatic heterocycles. The standard InChI is InChI=1S/C11H14N2O2/c14-11-9-1-4-12-10(9)7-13(11)8-2-5-15-6-3-8/h1,4,8,12H,2-3,5-7H2. The first kappa shape index (κ1) is 8.97. The summed E-state index contributed by atoms with van der Waals surface area (Å²) in [7, 11) is 0. The number of nitrogens with zero attached hydrogens (tertiary/aromatic N) is 1. The van der Waals surface area contributed by atoms with E-state index in [0.717, 1.165) is 43.9 Å². The lowest BCUT2D eigenvalue weighted by atomic mass is 10.1. The number of H-pyrrole nitrogens is 1. The molecule has 0 aromatic carbocycles. The third kappa shape index (κ3) is 1.36. The molecular weight excluding hydrogens is 192 g/mol. The van der Waals surface area contributed by atoms with E-state index in [1.54, 1.807) is 0 Å². The van der Waals surface area contributed by atoms with Crippen LogP contribution < -0.4 is 0 Å². The second kappa shape index (κ2) is 3.38. The van der Waals surface area contributed by atoms with E-state index in [1.807, 2.05) is 17.2 Å². The summed E-state index contributed by atoms with van der Waals surface area (Å²) in [5.41, 5.74) is 1.91. The summed E-state index contributed by atoms with van der Waals surface area (Å²) in [6, 6.07) is 2.24. The normalized spacial score (nSPS) is 22.1. The van der Waals surface area contributed by atoms with Crippen LogP contribution in [0.25, 0.3) is 0 Å². The molecule has 0 spiro atoms. The summed E-state index contributed by atoms with van der Waals surface area (Å²) in [4.78, 5) is 17.1. The highest BCUT2D eigenvalue weighted by Crippen LogP contribution is 2.26. The van der Waals surface area contributed by atoms with E-state index in [0.29, 0.717) is 6.04 Å². The van der Waals surface area contributed by atoms with Crippen LogP contribution in [-0.4, -0.2) is 35.0 Å². The van der Waals surface area contributed by atoms with Crippen LogP contribution in [0, 0.1) is 0 Å². The Morgan fingerprint density at radius 3 is 2.93 bits per heavy atom. The van der Waals surface area contributed by atoms with Crippen molar-refractivity contribution in [3.63, 3.8) is 0 Å². The lowest BCUT2D eigenvalue weighted by molar-refractivity contribution is 0.0301.